The third-order valence-corrected chi connectivity index (χ3v) is 5.98. The number of aryl methyl sites for hydroxylation is 1. The van der Waals surface area contributed by atoms with Crippen LogP contribution >= 0.6 is 11.3 Å². The van der Waals surface area contributed by atoms with E-state index in [0.717, 1.165) is 49.7 Å². The Morgan fingerprint density at radius 3 is 2.96 bits per heavy atom. The lowest BCUT2D eigenvalue weighted by Gasteiger charge is -2.42. The first-order valence-electron chi connectivity index (χ1n) is 8.00. The first kappa shape index (κ1) is 14.6. The molecular weight excluding hydrogens is 308 g/mol. The minimum atomic E-state index is 0.102. The van der Waals surface area contributed by atoms with Crippen molar-refractivity contribution in [3.63, 3.8) is 0 Å². The fraction of sp³-hybridized carbons (Fsp3) is 0.471. The highest BCUT2D eigenvalue weighted by molar-refractivity contribution is 7.10. The van der Waals surface area contributed by atoms with Crippen LogP contribution in [0.4, 0.5) is 5.82 Å². The molecule has 4 rings (SSSR count). The molecule has 0 aliphatic carbocycles. The van der Waals surface area contributed by atoms with Crippen LogP contribution in [0.3, 0.4) is 0 Å². The minimum Gasteiger partial charge on any atom is -0.355 e. The van der Waals surface area contributed by atoms with Gasteiger partial charge in [-0.05, 0) is 37.3 Å². The Bertz CT molecular complexity index is 751. The molecule has 0 bridgehead atoms. The number of fused-ring (bicyclic) bond motifs is 1. The van der Waals surface area contributed by atoms with E-state index < -0.39 is 0 Å². The maximum atomic E-state index is 12.7. The second-order valence-electron chi connectivity index (χ2n) is 6.39. The van der Waals surface area contributed by atoms with Crippen molar-refractivity contribution in [2.75, 3.05) is 24.5 Å². The molecule has 0 aromatic carbocycles. The molecule has 23 heavy (non-hydrogen) atoms. The lowest BCUT2D eigenvalue weighted by molar-refractivity contribution is -0.137. The Morgan fingerprint density at radius 2 is 2.13 bits per heavy atom. The van der Waals surface area contributed by atoms with Gasteiger partial charge in [-0.1, -0.05) is 0 Å². The fourth-order valence-electron chi connectivity index (χ4n) is 3.35. The summed E-state index contributed by atoms with van der Waals surface area (Å²) in [5.41, 5.74) is 3.44. The van der Waals surface area contributed by atoms with Crippen LogP contribution < -0.4 is 4.90 Å². The van der Waals surface area contributed by atoms with Crippen LogP contribution in [-0.4, -0.2) is 40.4 Å². The van der Waals surface area contributed by atoms with E-state index in [4.69, 9.17) is 0 Å². The van der Waals surface area contributed by atoms with Crippen LogP contribution in [-0.2, 0) is 17.8 Å². The maximum absolute atomic E-state index is 12.7. The van der Waals surface area contributed by atoms with E-state index >= 15 is 0 Å². The highest BCUT2D eigenvalue weighted by Crippen LogP contribution is 2.30. The van der Waals surface area contributed by atoms with Crippen LogP contribution in [0, 0.1) is 19.8 Å². The molecule has 2 aromatic rings. The van der Waals surface area contributed by atoms with Gasteiger partial charge >= 0.3 is 0 Å². The SMILES string of the molecule is Cc1ncnc(N2CC(C(=O)N3CCc4sccc4C3)C2)c1C. The van der Waals surface area contributed by atoms with Gasteiger partial charge < -0.3 is 9.80 Å². The highest BCUT2D eigenvalue weighted by atomic mass is 32.1. The topological polar surface area (TPSA) is 49.3 Å². The normalized spacial score (nSPS) is 17.8. The van der Waals surface area contributed by atoms with Crippen LogP contribution in [0.25, 0.3) is 0 Å². The van der Waals surface area contributed by atoms with Gasteiger partial charge in [-0.25, -0.2) is 9.97 Å². The molecule has 4 heterocycles. The first-order chi connectivity index (χ1) is 11.1. The zero-order chi connectivity index (χ0) is 16.0. The van der Waals surface area contributed by atoms with Gasteiger partial charge in [0.05, 0.1) is 5.92 Å². The first-order valence-corrected chi connectivity index (χ1v) is 8.88. The van der Waals surface area contributed by atoms with Crippen molar-refractivity contribution in [2.24, 2.45) is 5.92 Å². The summed E-state index contributed by atoms with van der Waals surface area (Å²) in [6, 6.07) is 2.15. The van der Waals surface area contributed by atoms with Crippen LogP contribution in [0.2, 0.25) is 0 Å². The summed E-state index contributed by atoms with van der Waals surface area (Å²) in [5, 5.41) is 2.13. The van der Waals surface area contributed by atoms with E-state index in [1.807, 2.05) is 30.1 Å². The smallest absolute Gasteiger partial charge is 0.229 e. The van der Waals surface area contributed by atoms with E-state index in [2.05, 4.69) is 26.3 Å². The van der Waals surface area contributed by atoms with Crippen molar-refractivity contribution in [1.82, 2.24) is 14.9 Å². The van der Waals surface area contributed by atoms with Crippen molar-refractivity contribution in [3.8, 4) is 0 Å². The predicted molar refractivity (Wildman–Crippen MR) is 90.6 cm³/mol. The molecule has 0 radical (unpaired) electrons. The Morgan fingerprint density at radius 1 is 1.30 bits per heavy atom. The number of rotatable bonds is 2. The number of carbonyl (C=O) groups is 1. The molecule has 5 nitrogen and oxygen atoms in total. The molecule has 1 fully saturated rings. The molecule has 0 spiro atoms. The van der Waals surface area contributed by atoms with Crippen LogP contribution in [0.5, 0.6) is 0 Å². The molecular formula is C17H20N4OS. The van der Waals surface area contributed by atoms with Crippen molar-refractivity contribution in [2.45, 2.75) is 26.8 Å². The van der Waals surface area contributed by atoms with Crippen molar-refractivity contribution in [1.29, 1.82) is 0 Å². The molecule has 2 aromatic heterocycles. The Kier molecular flexibility index (Phi) is 3.56. The van der Waals surface area contributed by atoms with Gasteiger partial charge in [0.1, 0.15) is 12.1 Å². The van der Waals surface area contributed by atoms with E-state index in [1.165, 1.54) is 10.4 Å². The zero-order valence-electron chi connectivity index (χ0n) is 13.5. The summed E-state index contributed by atoms with van der Waals surface area (Å²) in [6.07, 6.45) is 2.61. The monoisotopic (exact) mass is 328 g/mol. The summed E-state index contributed by atoms with van der Waals surface area (Å²) in [7, 11) is 0. The summed E-state index contributed by atoms with van der Waals surface area (Å²) in [5.74, 6) is 1.37. The minimum absolute atomic E-state index is 0.102. The number of carbonyl (C=O) groups excluding carboxylic acids is 1. The molecule has 0 saturated carbocycles. The van der Waals surface area contributed by atoms with E-state index in [1.54, 1.807) is 6.33 Å². The summed E-state index contributed by atoms with van der Waals surface area (Å²) in [6.45, 7) is 7.21. The van der Waals surface area contributed by atoms with Crippen LogP contribution in [0.15, 0.2) is 17.8 Å². The van der Waals surface area contributed by atoms with Crippen molar-refractivity contribution in [3.05, 3.63) is 39.5 Å². The summed E-state index contributed by atoms with van der Waals surface area (Å²) in [4.78, 5) is 27.0. The second kappa shape index (κ2) is 5.60. The molecule has 0 atom stereocenters. The standard InChI is InChI=1S/C17H20N4OS/c1-11-12(2)18-10-19-16(11)21-8-14(9-21)17(22)20-5-3-15-13(7-20)4-6-23-15/h4,6,10,14H,3,5,7-9H2,1-2H3. The number of nitrogens with zero attached hydrogens (tertiary/aromatic N) is 4. The molecule has 0 unspecified atom stereocenters. The number of amides is 1. The lowest BCUT2D eigenvalue weighted by atomic mass is 9.96. The van der Waals surface area contributed by atoms with Gasteiger partial charge in [-0.15, -0.1) is 11.3 Å². The largest absolute Gasteiger partial charge is 0.355 e. The van der Waals surface area contributed by atoms with Crippen molar-refractivity contribution >= 4 is 23.1 Å². The molecule has 1 saturated heterocycles. The quantitative estimate of drug-likeness (QED) is 0.848. The van der Waals surface area contributed by atoms with E-state index in [0.29, 0.717) is 5.91 Å². The van der Waals surface area contributed by atoms with Gasteiger partial charge in [0.2, 0.25) is 5.91 Å². The average molecular weight is 328 g/mol. The van der Waals surface area contributed by atoms with Crippen molar-refractivity contribution < 1.29 is 4.79 Å². The highest BCUT2D eigenvalue weighted by Gasteiger charge is 2.37. The molecule has 2 aliphatic heterocycles. The maximum Gasteiger partial charge on any atom is 0.229 e. The Labute approximate surface area is 140 Å². The van der Waals surface area contributed by atoms with E-state index in [9.17, 15) is 4.79 Å². The zero-order valence-corrected chi connectivity index (χ0v) is 14.3. The van der Waals surface area contributed by atoms with Gasteiger partial charge in [-0.2, -0.15) is 0 Å². The average Bonchev–Trinajstić information content (AvgIpc) is 2.97. The lowest BCUT2D eigenvalue weighted by Crippen LogP contribution is -2.55. The molecule has 6 heteroatoms. The molecule has 0 N–H and O–H groups in total. The third-order valence-electron chi connectivity index (χ3n) is 4.96. The number of hydrogen-bond acceptors (Lipinski definition) is 5. The van der Waals surface area contributed by atoms with E-state index in [-0.39, 0.29) is 5.92 Å². The third kappa shape index (κ3) is 2.51. The Balaban J connectivity index is 1.40. The number of thiophene rings is 1. The van der Waals surface area contributed by atoms with Gasteiger partial charge in [0, 0.05) is 42.3 Å². The van der Waals surface area contributed by atoms with Crippen LogP contribution in [0.1, 0.15) is 21.7 Å². The fourth-order valence-corrected chi connectivity index (χ4v) is 4.24. The molecule has 2 aliphatic rings. The van der Waals surface area contributed by atoms with Gasteiger partial charge in [0.15, 0.2) is 0 Å². The number of anilines is 1. The predicted octanol–water partition coefficient (Wildman–Crippen LogP) is 2.18. The summed E-state index contributed by atoms with van der Waals surface area (Å²) < 4.78 is 0. The van der Waals surface area contributed by atoms with Gasteiger partial charge in [-0.3, -0.25) is 4.79 Å². The number of aromatic nitrogens is 2. The molecule has 120 valence electrons. The number of hydrogen-bond donors (Lipinski definition) is 0. The summed E-state index contributed by atoms with van der Waals surface area (Å²) >= 11 is 1.81. The molecule has 1 amide bonds. The second-order valence-corrected chi connectivity index (χ2v) is 7.39. The Hall–Kier alpha value is -1.95. The van der Waals surface area contributed by atoms with Gasteiger partial charge in [0.25, 0.3) is 0 Å².